The summed E-state index contributed by atoms with van der Waals surface area (Å²) in [5.41, 5.74) is 5.98. The standard InChI is InChI=1S/C12H22N2O2/c1-16-10-5-6-14(8-10)12(15)7-9-3-2-4-11(9)13/h9-11H,2-8,13H2,1H3/t9-,10-,11+/m0/s1. The fourth-order valence-electron chi connectivity index (χ4n) is 2.82. The smallest absolute Gasteiger partial charge is 0.222 e. The van der Waals surface area contributed by atoms with E-state index in [9.17, 15) is 4.79 Å². The number of carbonyl (C=O) groups excluding carboxylic acids is 1. The molecule has 2 rings (SSSR count). The van der Waals surface area contributed by atoms with Crippen LogP contribution in [0.4, 0.5) is 0 Å². The SMILES string of the molecule is CO[C@H]1CCN(C(=O)C[C@@H]2CCC[C@H]2N)C1. The third kappa shape index (κ3) is 2.55. The maximum absolute atomic E-state index is 12.0. The van der Waals surface area contributed by atoms with Gasteiger partial charge in [-0.25, -0.2) is 0 Å². The number of nitrogens with zero attached hydrogens (tertiary/aromatic N) is 1. The lowest BCUT2D eigenvalue weighted by molar-refractivity contribution is -0.131. The Hall–Kier alpha value is -0.610. The first-order valence-corrected chi connectivity index (χ1v) is 6.27. The van der Waals surface area contributed by atoms with E-state index >= 15 is 0 Å². The van der Waals surface area contributed by atoms with Crippen molar-refractivity contribution in [1.82, 2.24) is 4.90 Å². The number of amides is 1. The van der Waals surface area contributed by atoms with Crippen molar-refractivity contribution < 1.29 is 9.53 Å². The first kappa shape index (κ1) is 11.9. The quantitative estimate of drug-likeness (QED) is 0.772. The summed E-state index contributed by atoms with van der Waals surface area (Å²) in [7, 11) is 1.71. The molecule has 0 aromatic carbocycles. The summed E-state index contributed by atoms with van der Waals surface area (Å²) in [5, 5.41) is 0. The van der Waals surface area contributed by atoms with Gasteiger partial charge in [0.05, 0.1) is 6.10 Å². The Morgan fingerprint density at radius 3 is 2.81 bits per heavy atom. The minimum Gasteiger partial charge on any atom is -0.380 e. The first-order valence-electron chi connectivity index (χ1n) is 6.27. The van der Waals surface area contributed by atoms with Crippen LogP contribution in [0.25, 0.3) is 0 Å². The van der Waals surface area contributed by atoms with Crippen LogP contribution in [0.15, 0.2) is 0 Å². The lowest BCUT2D eigenvalue weighted by Crippen LogP contribution is -2.34. The molecule has 0 aromatic heterocycles. The Morgan fingerprint density at radius 1 is 1.44 bits per heavy atom. The van der Waals surface area contributed by atoms with Gasteiger partial charge in [-0.3, -0.25) is 4.79 Å². The summed E-state index contributed by atoms with van der Waals surface area (Å²) < 4.78 is 5.26. The molecule has 0 spiro atoms. The molecule has 1 heterocycles. The number of methoxy groups -OCH3 is 1. The van der Waals surface area contributed by atoms with Crippen molar-refractivity contribution in [2.75, 3.05) is 20.2 Å². The number of rotatable bonds is 3. The summed E-state index contributed by atoms with van der Waals surface area (Å²) in [4.78, 5) is 14.0. The minimum absolute atomic E-state index is 0.237. The lowest BCUT2D eigenvalue weighted by Gasteiger charge is -2.20. The zero-order chi connectivity index (χ0) is 11.5. The van der Waals surface area contributed by atoms with E-state index in [1.165, 1.54) is 6.42 Å². The van der Waals surface area contributed by atoms with Gasteiger partial charge in [0.2, 0.25) is 5.91 Å². The molecule has 1 amide bonds. The normalized spacial score (nSPS) is 34.6. The molecule has 16 heavy (non-hydrogen) atoms. The van der Waals surface area contributed by atoms with Gasteiger partial charge in [-0.05, 0) is 25.2 Å². The maximum atomic E-state index is 12.0. The number of hydrogen-bond acceptors (Lipinski definition) is 3. The van der Waals surface area contributed by atoms with Crippen LogP contribution in [0.2, 0.25) is 0 Å². The zero-order valence-electron chi connectivity index (χ0n) is 10.0. The molecule has 2 fully saturated rings. The zero-order valence-corrected chi connectivity index (χ0v) is 10.0. The van der Waals surface area contributed by atoms with Crippen molar-refractivity contribution in [1.29, 1.82) is 0 Å². The van der Waals surface area contributed by atoms with Gasteiger partial charge in [0.1, 0.15) is 0 Å². The Balaban J connectivity index is 1.80. The van der Waals surface area contributed by atoms with E-state index in [0.29, 0.717) is 12.3 Å². The van der Waals surface area contributed by atoms with Crippen LogP contribution >= 0.6 is 0 Å². The van der Waals surface area contributed by atoms with E-state index in [0.717, 1.165) is 32.4 Å². The monoisotopic (exact) mass is 226 g/mol. The molecular weight excluding hydrogens is 204 g/mol. The van der Waals surface area contributed by atoms with Crippen LogP contribution < -0.4 is 5.73 Å². The van der Waals surface area contributed by atoms with Crippen LogP contribution in [0.3, 0.4) is 0 Å². The molecule has 0 radical (unpaired) electrons. The molecule has 92 valence electrons. The highest BCUT2D eigenvalue weighted by Crippen LogP contribution is 2.28. The average molecular weight is 226 g/mol. The van der Waals surface area contributed by atoms with Crippen molar-refractivity contribution in [3.8, 4) is 0 Å². The van der Waals surface area contributed by atoms with Crippen molar-refractivity contribution in [3.63, 3.8) is 0 Å². The highest BCUT2D eigenvalue weighted by atomic mass is 16.5. The van der Waals surface area contributed by atoms with Crippen LogP contribution in [-0.4, -0.2) is 43.2 Å². The molecule has 3 atom stereocenters. The molecule has 1 saturated heterocycles. The van der Waals surface area contributed by atoms with E-state index in [4.69, 9.17) is 10.5 Å². The van der Waals surface area contributed by atoms with Crippen molar-refractivity contribution >= 4 is 5.91 Å². The van der Waals surface area contributed by atoms with Gasteiger partial charge < -0.3 is 15.4 Å². The Bertz CT molecular complexity index is 257. The highest BCUT2D eigenvalue weighted by Gasteiger charge is 2.31. The Labute approximate surface area is 97.1 Å². The molecule has 1 aliphatic heterocycles. The summed E-state index contributed by atoms with van der Waals surface area (Å²) in [6.45, 7) is 1.61. The third-order valence-electron chi connectivity index (χ3n) is 3.99. The van der Waals surface area contributed by atoms with Crippen LogP contribution in [-0.2, 0) is 9.53 Å². The summed E-state index contributed by atoms with van der Waals surface area (Å²) in [6.07, 6.45) is 5.23. The number of likely N-dealkylation sites (tertiary alicyclic amines) is 1. The Morgan fingerprint density at radius 2 is 2.25 bits per heavy atom. The van der Waals surface area contributed by atoms with Crippen LogP contribution in [0.5, 0.6) is 0 Å². The predicted octanol–water partition coefficient (Wildman–Crippen LogP) is 0.751. The molecule has 1 saturated carbocycles. The number of nitrogens with two attached hydrogens (primary N) is 1. The largest absolute Gasteiger partial charge is 0.380 e. The van der Waals surface area contributed by atoms with Gasteiger partial charge in [0, 0.05) is 32.7 Å². The van der Waals surface area contributed by atoms with Crippen molar-refractivity contribution in [3.05, 3.63) is 0 Å². The number of ether oxygens (including phenoxy) is 1. The fourth-order valence-corrected chi connectivity index (χ4v) is 2.82. The summed E-state index contributed by atoms with van der Waals surface area (Å²) in [6, 6.07) is 0.241. The molecule has 2 N–H and O–H groups in total. The van der Waals surface area contributed by atoms with Gasteiger partial charge >= 0.3 is 0 Å². The Kier molecular flexibility index (Phi) is 3.82. The van der Waals surface area contributed by atoms with Crippen LogP contribution in [0, 0.1) is 5.92 Å². The fraction of sp³-hybridized carbons (Fsp3) is 0.917. The van der Waals surface area contributed by atoms with Crippen molar-refractivity contribution in [2.45, 2.75) is 44.2 Å². The van der Waals surface area contributed by atoms with E-state index in [1.54, 1.807) is 7.11 Å². The second-order valence-electron chi connectivity index (χ2n) is 5.05. The maximum Gasteiger partial charge on any atom is 0.222 e. The highest BCUT2D eigenvalue weighted by molar-refractivity contribution is 5.76. The van der Waals surface area contributed by atoms with Gasteiger partial charge in [-0.1, -0.05) is 6.42 Å². The van der Waals surface area contributed by atoms with E-state index in [-0.39, 0.29) is 18.1 Å². The van der Waals surface area contributed by atoms with E-state index in [2.05, 4.69) is 0 Å². The number of hydrogen-bond donors (Lipinski definition) is 1. The lowest BCUT2D eigenvalue weighted by atomic mass is 9.99. The van der Waals surface area contributed by atoms with E-state index in [1.807, 2.05) is 4.90 Å². The molecule has 4 nitrogen and oxygen atoms in total. The molecule has 4 heteroatoms. The third-order valence-corrected chi connectivity index (χ3v) is 3.99. The van der Waals surface area contributed by atoms with Gasteiger partial charge in [0.25, 0.3) is 0 Å². The molecule has 0 aromatic rings. The van der Waals surface area contributed by atoms with Crippen molar-refractivity contribution in [2.24, 2.45) is 11.7 Å². The minimum atomic E-state index is 0.237. The molecular formula is C12H22N2O2. The molecule has 1 aliphatic carbocycles. The average Bonchev–Trinajstić information content (AvgIpc) is 2.88. The number of carbonyl (C=O) groups is 1. The summed E-state index contributed by atoms with van der Waals surface area (Å²) >= 11 is 0. The van der Waals surface area contributed by atoms with Gasteiger partial charge in [-0.2, -0.15) is 0 Å². The van der Waals surface area contributed by atoms with E-state index < -0.39 is 0 Å². The van der Waals surface area contributed by atoms with Crippen LogP contribution in [0.1, 0.15) is 32.1 Å². The van der Waals surface area contributed by atoms with Gasteiger partial charge in [-0.15, -0.1) is 0 Å². The molecule has 0 bridgehead atoms. The molecule has 2 aliphatic rings. The topological polar surface area (TPSA) is 55.6 Å². The summed E-state index contributed by atoms with van der Waals surface area (Å²) in [5.74, 6) is 0.677. The van der Waals surface area contributed by atoms with Gasteiger partial charge in [0.15, 0.2) is 0 Å². The predicted molar refractivity (Wildman–Crippen MR) is 61.9 cm³/mol. The second-order valence-corrected chi connectivity index (χ2v) is 5.05. The second kappa shape index (κ2) is 5.15. The molecule has 0 unspecified atom stereocenters. The first-order chi connectivity index (χ1) is 7.70.